The first-order valence-electron chi connectivity index (χ1n) is 4.14. The lowest BCUT2D eigenvalue weighted by Crippen LogP contribution is -2.25. The summed E-state index contributed by atoms with van der Waals surface area (Å²) in [6.45, 7) is 1.92. The van der Waals surface area contributed by atoms with E-state index in [1.165, 1.54) is 12.2 Å². The molecule has 0 aliphatic heterocycles. The summed E-state index contributed by atoms with van der Waals surface area (Å²) in [5, 5.41) is 0. The summed E-state index contributed by atoms with van der Waals surface area (Å²) >= 11 is 0. The molecule has 1 aliphatic rings. The summed E-state index contributed by atoms with van der Waals surface area (Å²) in [4.78, 5) is 11.4. The monoisotopic (exact) mass is 214 g/mol. The normalized spacial score (nSPS) is 19.5. The summed E-state index contributed by atoms with van der Waals surface area (Å²) in [6.07, 6.45) is 6.09. The number of allylic oxidation sites excluding steroid dienone is 3. The first-order valence-corrected chi connectivity index (χ1v) is 5.22. The number of hydrogen-bond acceptors (Lipinski definition) is 4. The zero-order valence-corrected chi connectivity index (χ0v) is 8.45. The smallest absolute Gasteiger partial charge is 0.318 e. The second-order valence-corrected chi connectivity index (χ2v) is 3.55. The van der Waals surface area contributed by atoms with Crippen molar-refractivity contribution in [1.29, 1.82) is 0 Å². The molecule has 0 N–H and O–H groups in total. The van der Waals surface area contributed by atoms with E-state index in [-0.39, 0.29) is 11.5 Å². The van der Waals surface area contributed by atoms with Gasteiger partial charge in [0.1, 0.15) is 5.92 Å². The Balaban J connectivity index is 2.99. The quantitative estimate of drug-likeness (QED) is 0.491. The molecule has 1 aliphatic carbocycles. The number of carbonyl (C=O) groups excluding carboxylic acids is 1. The highest BCUT2D eigenvalue weighted by Crippen LogP contribution is 2.10. The molecular weight excluding hydrogens is 204 g/mol. The van der Waals surface area contributed by atoms with E-state index < -0.39 is 22.2 Å². The van der Waals surface area contributed by atoms with Crippen LogP contribution in [-0.2, 0) is 19.8 Å². The lowest BCUT2D eigenvalue weighted by Gasteiger charge is -2.11. The molecule has 0 saturated carbocycles. The van der Waals surface area contributed by atoms with Crippen LogP contribution in [0.1, 0.15) is 6.92 Å². The van der Waals surface area contributed by atoms with Gasteiger partial charge in [0.2, 0.25) is 10.3 Å². The van der Waals surface area contributed by atoms with Crippen LogP contribution in [0, 0.1) is 5.92 Å². The van der Waals surface area contributed by atoms with Crippen molar-refractivity contribution in [3.63, 3.8) is 0 Å². The molecule has 0 saturated heterocycles. The van der Waals surface area contributed by atoms with Gasteiger partial charge >= 0.3 is 5.97 Å². The molecule has 1 rings (SSSR count). The minimum atomic E-state index is -2.38. The fourth-order valence-electron chi connectivity index (χ4n) is 1.11. The van der Waals surface area contributed by atoms with Gasteiger partial charge in [-0.15, -0.1) is 0 Å². The van der Waals surface area contributed by atoms with Crippen LogP contribution in [0.25, 0.3) is 0 Å². The lowest BCUT2D eigenvalue weighted by molar-refractivity contribution is -0.144. The Morgan fingerprint density at radius 1 is 1.50 bits per heavy atom. The predicted octanol–water partition coefficient (Wildman–Crippen LogP) is 0.343. The Hall–Kier alpha value is -1.36. The summed E-state index contributed by atoms with van der Waals surface area (Å²) < 4.78 is 26.2. The molecule has 76 valence electrons. The molecule has 1 atom stereocenters. The Bertz CT molecular complexity index is 406. The first-order chi connectivity index (χ1) is 6.66. The molecule has 1 unspecified atom stereocenters. The first kappa shape index (κ1) is 10.7. The van der Waals surface area contributed by atoms with Gasteiger partial charge in [-0.25, -0.2) is 0 Å². The van der Waals surface area contributed by atoms with Crippen molar-refractivity contribution < 1.29 is 17.9 Å². The summed E-state index contributed by atoms with van der Waals surface area (Å²) in [6, 6.07) is 0. The van der Waals surface area contributed by atoms with Gasteiger partial charge in [-0.3, -0.25) is 4.79 Å². The molecule has 0 radical (unpaired) electrons. The maximum Gasteiger partial charge on any atom is 0.318 e. The fourth-order valence-corrected chi connectivity index (χ4v) is 1.68. The summed E-state index contributed by atoms with van der Waals surface area (Å²) in [5.41, 5.74) is 0. The van der Waals surface area contributed by atoms with Gasteiger partial charge in [0.05, 0.1) is 11.5 Å². The van der Waals surface area contributed by atoms with Crippen molar-refractivity contribution in [1.82, 2.24) is 0 Å². The van der Waals surface area contributed by atoms with E-state index in [0.29, 0.717) is 0 Å². The topological polar surface area (TPSA) is 60.4 Å². The Morgan fingerprint density at radius 3 is 2.79 bits per heavy atom. The molecule has 0 heterocycles. The Morgan fingerprint density at radius 2 is 2.21 bits per heavy atom. The standard InChI is InChI=1S/C9H10O4S/c1-2-13-9(10)7-5-3-4-6-8(7)14(11)12/h3-7H,2H2,1H3. The molecule has 0 aromatic rings. The minimum absolute atomic E-state index is 0.0472. The largest absolute Gasteiger partial charge is 0.465 e. The molecule has 4 nitrogen and oxygen atoms in total. The van der Waals surface area contributed by atoms with E-state index in [0.717, 1.165) is 0 Å². The maximum absolute atomic E-state index is 11.3. The van der Waals surface area contributed by atoms with E-state index in [2.05, 4.69) is 0 Å². The second-order valence-electron chi connectivity index (χ2n) is 2.61. The number of rotatable bonds is 2. The van der Waals surface area contributed by atoms with E-state index in [9.17, 15) is 13.2 Å². The van der Waals surface area contributed by atoms with Gasteiger partial charge in [-0.2, -0.15) is 8.42 Å². The van der Waals surface area contributed by atoms with Crippen molar-refractivity contribution in [3.8, 4) is 0 Å². The van der Waals surface area contributed by atoms with Gasteiger partial charge in [-0.05, 0) is 13.0 Å². The van der Waals surface area contributed by atoms with Crippen molar-refractivity contribution >= 4 is 21.1 Å². The second kappa shape index (κ2) is 4.76. The van der Waals surface area contributed by atoms with Crippen LogP contribution in [0.2, 0.25) is 0 Å². The van der Waals surface area contributed by atoms with Crippen molar-refractivity contribution in [3.05, 3.63) is 24.3 Å². The van der Waals surface area contributed by atoms with Crippen LogP contribution in [0.5, 0.6) is 0 Å². The van der Waals surface area contributed by atoms with E-state index in [4.69, 9.17) is 4.74 Å². The minimum Gasteiger partial charge on any atom is -0.465 e. The van der Waals surface area contributed by atoms with Crippen LogP contribution >= 0.6 is 0 Å². The SMILES string of the molecule is CCOC(=O)C1C=CC=CC1=S(=O)=O. The molecule has 0 amide bonds. The van der Waals surface area contributed by atoms with Crippen LogP contribution < -0.4 is 0 Å². The predicted molar refractivity (Wildman–Crippen MR) is 52.3 cm³/mol. The van der Waals surface area contributed by atoms with Crippen LogP contribution in [-0.4, -0.2) is 25.9 Å². The fraction of sp³-hybridized carbons (Fsp3) is 0.333. The number of ether oxygens (including phenoxy) is 1. The molecule has 0 aromatic heterocycles. The molecular formula is C9H10O4S. The van der Waals surface area contributed by atoms with Gasteiger partial charge < -0.3 is 4.74 Å². The van der Waals surface area contributed by atoms with Gasteiger partial charge in [0.15, 0.2) is 0 Å². The van der Waals surface area contributed by atoms with E-state index >= 15 is 0 Å². The number of carbonyl (C=O) groups is 1. The molecule has 0 fully saturated rings. The number of esters is 1. The average Bonchev–Trinajstić information content (AvgIpc) is 2.18. The van der Waals surface area contributed by atoms with Gasteiger partial charge in [0, 0.05) is 0 Å². The Kier molecular flexibility index (Phi) is 3.64. The van der Waals surface area contributed by atoms with Crippen molar-refractivity contribution in [2.75, 3.05) is 6.61 Å². The molecule has 0 spiro atoms. The highest BCUT2D eigenvalue weighted by atomic mass is 32.2. The van der Waals surface area contributed by atoms with Gasteiger partial charge in [-0.1, -0.05) is 18.2 Å². The molecule has 14 heavy (non-hydrogen) atoms. The van der Waals surface area contributed by atoms with E-state index in [1.54, 1.807) is 19.1 Å². The third kappa shape index (κ3) is 2.32. The molecule has 0 bridgehead atoms. The molecule has 0 aromatic carbocycles. The van der Waals surface area contributed by atoms with Crippen molar-refractivity contribution in [2.24, 2.45) is 5.92 Å². The highest BCUT2D eigenvalue weighted by Gasteiger charge is 2.23. The highest BCUT2D eigenvalue weighted by molar-refractivity contribution is 7.73. The van der Waals surface area contributed by atoms with E-state index in [1.807, 2.05) is 0 Å². The Labute approximate surface area is 83.4 Å². The van der Waals surface area contributed by atoms with Crippen molar-refractivity contribution in [2.45, 2.75) is 6.92 Å². The third-order valence-electron chi connectivity index (χ3n) is 1.71. The zero-order chi connectivity index (χ0) is 10.6. The van der Waals surface area contributed by atoms with Crippen LogP contribution in [0.3, 0.4) is 0 Å². The lowest BCUT2D eigenvalue weighted by atomic mass is 10.0. The number of hydrogen-bond donors (Lipinski definition) is 0. The van der Waals surface area contributed by atoms with Gasteiger partial charge in [0.25, 0.3) is 0 Å². The maximum atomic E-state index is 11.3. The zero-order valence-electron chi connectivity index (χ0n) is 7.64. The summed E-state index contributed by atoms with van der Waals surface area (Å²) in [7, 11) is -2.38. The summed E-state index contributed by atoms with van der Waals surface area (Å²) in [5.74, 6) is -1.33. The van der Waals surface area contributed by atoms with Crippen LogP contribution in [0.4, 0.5) is 0 Å². The molecule has 5 heteroatoms. The average molecular weight is 214 g/mol. The van der Waals surface area contributed by atoms with Crippen LogP contribution in [0.15, 0.2) is 24.3 Å². The third-order valence-corrected chi connectivity index (χ3v) is 2.49.